The minimum absolute atomic E-state index is 0.00711. The standard InChI is InChI=1S/C24H29N5O4S/c25-34(32,33)21-8-6-20(7-9-21)22-17-29(27-26-22)23(16-19-4-2-1-3-5-19)24(31)28-13-10-18(11-14-28)12-15-30/h1-9,17-18,23,30H,10-16H2,(H2,25,32,33)/t23-/m0/s1. The van der Waals surface area contributed by atoms with Gasteiger partial charge >= 0.3 is 0 Å². The Morgan fingerprint density at radius 2 is 1.76 bits per heavy atom. The third-order valence-corrected chi connectivity index (χ3v) is 7.26. The number of hydrogen-bond acceptors (Lipinski definition) is 6. The molecule has 0 saturated carbocycles. The third-order valence-electron chi connectivity index (χ3n) is 6.33. The number of carbonyl (C=O) groups is 1. The van der Waals surface area contributed by atoms with Crippen LogP contribution in [0.3, 0.4) is 0 Å². The van der Waals surface area contributed by atoms with Gasteiger partial charge in [0.05, 0.1) is 11.1 Å². The molecule has 0 spiro atoms. The van der Waals surface area contributed by atoms with E-state index in [1.54, 1.807) is 23.0 Å². The largest absolute Gasteiger partial charge is 0.396 e. The van der Waals surface area contributed by atoms with Crippen molar-refractivity contribution in [2.24, 2.45) is 11.1 Å². The highest BCUT2D eigenvalue weighted by atomic mass is 32.2. The number of benzene rings is 2. The molecule has 3 N–H and O–H groups in total. The second-order valence-corrected chi connectivity index (χ2v) is 10.2. The van der Waals surface area contributed by atoms with E-state index in [0.717, 1.165) is 24.8 Å². The molecule has 1 aliphatic heterocycles. The highest BCUT2D eigenvalue weighted by molar-refractivity contribution is 7.89. The summed E-state index contributed by atoms with van der Waals surface area (Å²) in [6, 6.07) is 15.3. The van der Waals surface area contributed by atoms with Crippen LogP contribution in [0.4, 0.5) is 0 Å². The number of piperidine rings is 1. The molecule has 1 saturated heterocycles. The van der Waals surface area contributed by atoms with E-state index in [1.807, 2.05) is 35.2 Å². The summed E-state index contributed by atoms with van der Waals surface area (Å²) in [6.45, 7) is 1.49. The van der Waals surface area contributed by atoms with Crippen molar-refractivity contribution >= 4 is 15.9 Å². The van der Waals surface area contributed by atoms with Crippen LogP contribution in [-0.4, -0.2) is 59.0 Å². The quantitative estimate of drug-likeness (QED) is 0.504. The molecule has 34 heavy (non-hydrogen) atoms. The normalized spacial score (nSPS) is 15.9. The number of aliphatic hydroxyl groups excluding tert-OH is 1. The van der Waals surface area contributed by atoms with Crippen molar-refractivity contribution < 1.29 is 18.3 Å². The number of nitrogens with zero attached hydrogens (tertiary/aromatic N) is 4. The molecule has 4 rings (SSSR count). The van der Waals surface area contributed by atoms with Crippen LogP contribution in [0, 0.1) is 5.92 Å². The van der Waals surface area contributed by atoms with E-state index in [0.29, 0.717) is 36.7 Å². The van der Waals surface area contributed by atoms with Crippen molar-refractivity contribution in [3.8, 4) is 11.3 Å². The van der Waals surface area contributed by atoms with Crippen molar-refractivity contribution in [1.29, 1.82) is 0 Å². The van der Waals surface area contributed by atoms with Gasteiger partial charge in [-0.05, 0) is 42.9 Å². The summed E-state index contributed by atoms with van der Waals surface area (Å²) in [7, 11) is -3.78. The summed E-state index contributed by atoms with van der Waals surface area (Å²) >= 11 is 0. The molecule has 1 aliphatic rings. The lowest BCUT2D eigenvalue weighted by Crippen LogP contribution is -2.43. The van der Waals surface area contributed by atoms with Gasteiger partial charge in [-0.1, -0.05) is 47.7 Å². The summed E-state index contributed by atoms with van der Waals surface area (Å²) in [5, 5.41) is 22.9. The number of hydrogen-bond donors (Lipinski definition) is 2. The van der Waals surface area contributed by atoms with E-state index in [2.05, 4.69) is 10.3 Å². The Balaban J connectivity index is 1.57. The number of aliphatic hydroxyl groups is 1. The molecule has 9 nitrogen and oxygen atoms in total. The van der Waals surface area contributed by atoms with Crippen LogP contribution < -0.4 is 5.14 Å². The fraction of sp³-hybridized carbons (Fsp3) is 0.375. The van der Waals surface area contributed by atoms with Crippen LogP contribution in [0.2, 0.25) is 0 Å². The molecule has 1 amide bonds. The van der Waals surface area contributed by atoms with Gasteiger partial charge in [-0.2, -0.15) is 0 Å². The predicted molar refractivity (Wildman–Crippen MR) is 127 cm³/mol. The smallest absolute Gasteiger partial charge is 0.247 e. The Kier molecular flexibility index (Phi) is 7.40. The number of sulfonamides is 1. The van der Waals surface area contributed by atoms with E-state index >= 15 is 0 Å². The monoisotopic (exact) mass is 483 g/mol. The van der Waals surface area contributed by atoms with Gasteiger partial charge in [0, 0.05) is 31.7 Å². The van der Waals surface area contributed by atoms with Crippen molar-refractivity contribution in [3.05, 3.63) is 66.4 Å². The third kappa shape index (κ3) is 5.69. The van der Waals surface area contributed by atoms with Gasteiger partial charge in [0.15, 0.2) is 0 Å². The number of likely N-dealkylation sites (tertiary alicyclic amines) is 1. The van der Waals surface area contributed by atoms with Crippen LogP contribution in [0.15, 0.2) is 65.7 Å². The summed E-state index contributed by atoms with van der Waals surface area (Å²) in [6.07, 6.45) is 4.72. The predicted octanol–water partition coefficient (Wildman–Crippen LogP) is 2.00. The SMILES string of the molecule is NS(=O)(=O)c1ccc(-c2cn([C@@H](Cc3ccccc3)C(=O)N3CCC(CCO)CC3)nn2)cc1. The molecular weight excluding hydrogens is 454 g/mol. The Hall–Kier alpha value is -3.08. The second-order valence-electron chi connectivity index (χ2n) is 8.64. The highest BCUT2D eigenvalue weighted by Gasteiger charge is 2.30. The van der Waals surface area contributed by atoms with Gasteiger partial charge in [0.25, 0.3) is 0 Å². The molecule has 0 unspecified atom stereocenters. The highest BCUT2D eigenvalue weighted by Crippen LogP contribution is 2.26. The molecule has 1 fully saturated rings. The lowest BCUT2D eigenvalue weighted by molar-refractivity contribution is -0.136. The first-order valence-corrected chi connectivity index (χ1v) is 12.9. The summed E-state index contributed by atoms with van der Waals surface area (Å²) in [5.41, 5.74) is 2.23. The van der Waals surface area contributed by atoms with Gasteiger partial charge < -0.3 is 10.0 Å². The molecule has 1 atom stereocenters. The topological polar surface area (TPSA) is 131 Å². The zero-order chi connectivity index (χ0) is 24.1. The molecular formula is C24H29N5O4S. The van der Waals surface area contributed by atoms with Crippen molar-refractivity contribution in [2.45, 2.75) is 36.6 Å². The molecule has 180 valence electrons. The van der Waals surface area contributed by atoms with Crippen molar-refractivity contribution in [3.63, 3.8) is 0 Å². The van der Waals surface area contributed by atoms with Gasteiger partial charge in [0.1, 0.15) is 11.7 Å². The van der Waals surface area contributed by atoms with E-state index in [1.165, 1.54) is 12.1 Å². The molecule has 1 aromatic heterocycles. The maximum atomic E-state index is 13.6. The number of rotatable bonds is 8. The Bertz CT molecular complexity index is 1200. The van der Waals surface area contributed by atoms with E-state index < -0.39 is 16.1 Å². The maximum Gasteiger partial charge on any atom is 0.247 e. The molecule has 10 heteroatoms. The fourth-order valence-corrected chi connectivity index (χ4v) is 4.86. The lowest BCUT2D eigenvalue weighted by Gasteiger charge is -2.34. The number of primary sulfonamides is 1. The fourth-order valence-electron chi connectivity index (χ4n) is 4.34. The van der Waals surface area contributed by atoms with Crippen LogP contribution in [0.5, 0.6) is 0 Å². The average molecular weight is 484 g/mol. The molecule has 0 aliphatic carbocycles. The second kappa shape index (κ2) is 10.5. The number of aromatic nitrogens is 3. The van der Waals surface area contributed by atoms with Crippen LogP contribution in [-0.2, 0) is 21.2 Å². The minimum atomic E-state index is -3.78. The van der Waals surface area contributed by atoms with Gasteiger partial charge in [0.2, 0.25) is 15.9 Å². The Labute approximate surface area is 199 Å². The summed E-state index contributed by atoms with van der Waals surface area (Å²) < 4.78 is 24.6. The van der Waals surface area contributed by atoms with Crippen molar-refractivity contribution in [1.82, 2.24) is 19.9 Å². The zero-order valence-corrected chi connectivity index (χ0v) is 19.6. The molecule has 2 aromatic carbocycles. The van der Waals surface area contributed by atoms with Crippen LogP contribution in [0.25, 0.3) is 11.3 Å². The van der Waals surface area contributed by atoms with Crippen LogP contribution in [0.1, 0.15) is 30.9 Å². The first-order valence-electron chi connectivity index (χ1n) is 11.3. The Morgan fingerprint density at radius 1 is 1.09 bits per heavy atom. The summed E-state index contributed by atoms with van der Waals surface area (Å²) in [5.74, 6) is 0.437. The van der Waals surface area contributed by atoms with Gasteiger partial charge in [-0.15, -0.1) is 5.10 Å². The van der Waals surface area contributed by atoms with Gasteiger partial charge in [-0.25, -0.2) is 18.2 Å². The Morgan fingerprint density at radius 3 is 2.38 bits per heavy atom. The molecule has 0 radical (unpaired) electrons. The average Bonchev–Trinajstić information content (AvgIpc) is 3.33. The van der Waals surface area contributed by atoms with E-state index in [9.17, 15) is 18.3 Å². The number of carbonyl (C=O) groups excluding carboxylic acids is 1. The molecule has 2 heterocycles. The minimum Gasteiger partial charge on any atom is -0.396 e. The zero-order valence-electron chi connectivity index (χ0n) is 18.8. The number of nitrogens with two attached hydrogens (primary N) is 1. The first kappa shape index (κ1) is 24.1. The molecule has 0 bridgehead atoms. The van der Waals surface area contributed by atoms with Crippen molar-refractivity contribution in [2.75, 3.05) is 19.7 Å². The van der Waals surface area contributed by atoms with E-state index in [4.69, 9.17) is 5.14 Å². The maximum absolute atomic E-state index is 13.6. The number of amides is 1. The van der Waals surface area contributed by atoms with E-state index in [-0.39, 0.29) is 17.4 Å². The summed E-state index contributed by atoms with van der Waals surface area (Å²) in [4.78, 5) is 15.5. The lowest BCUT2D eigenvalue weighted by atomic mass is 9.93. The molecule has 3 aromatic rings. The van der Waals surface area contributed by atoms with Crippen LogP contribution >= 0.6 is 0 Å². The van der Waals surface area contributed by atoms with Gasteiger partial charge in [-0.3, -0.25) is 4.79 Å². The first-order chi connectivity index (χ1) is 16.3.